The van der Waals surface area contributed by atoms with Crippen molar-refractivity contribution in [3.05, 3.63) is 52.9 Å². The number of likely N-dealkylation sites (N-methyl/N-ethyl adjacent to an activating group) is 1. The van der Waals surface area contributed by atoms with Gasteiger partial charge in [-0.05, 0) is 59.8 Å². The molecule has 0 atom stereocenters. The maximum absolute atomic E-state index is 12.5. The average Bonchev–Trinajstić information content (AvgIpc) is 2.92. The zero-order valence-electron chi connectivity index (χ0n) is 14.6. The van der Waals surface area contributed by atoms with Gasteiger partial charge in [0.1, 0.15) is 5.75 Å². The lowest BCUT2D eigenvalue weighted by Gasteiger charge is -2.07. The molecule has 1 heterocycles. The van der Waals surface area contributed by atoms with Crippen molar-refractivity contribution in [1.82, 2.24) is 4.90 Å². The number of hydrogen-bond donors (Lipinski definition) is 1. The molecule has 1 saturated heterocycles. The van der Waals surface area contributed by atoms with E-state index in [4.69, 9.17) is 9.47 Å². The molecule has 0 spiro atoms. The lowest BCUT2D eigenvalue weighted by Crippen LogP contribution is -2.23. The summed E-state index contributed by atoms with van der Waals surface area (Å²) in [5.41, 5.74) is 1.50. The third kappa shape index (κ3) is 3.67. The number of methoxy groups -OCH3 is 2. The number of phenolic OH excluding ortho intramolecular Hbond substituents is 1. The molecule has 0 unspecified atom stereocenters. The molecule has 1 fully saturated rings. The first-order valence-corrected chi connectivity index (χ1v) is 8.61. The number of rotatable bonds is 4. The van der Waals surface area contributed by atoms with Crippen molar-refractivity contribution in [3.63, 3.8) is 0 Å². The molecule has 134 valence electrons. The van der Waals surface area contributed by atoms with Gasteiger partial charge in [0.25, 0.3) is 5.91 Å². The van der Waals surface area contributed by atoms with Crippen molar-refractivity contribution in [2.24, 2.45) is 4.99 Å². The zero-order chi connectivity index (χ0) is 18.7. The van der Waals surface area contributed by atoms with Crippen molar-refractivity contribution in [2.45, 2.75) is 0 Å². The molecule has 2 aromatic carbocycles. The molecule has 2 aromatic rings. The van der Waals surface area contributed by atoms with Crippen LogP contribution in [0.5, 0.6) is 17.2 Å². The van der Waals surface area contributed by atoms with Crippen molar-refractivity contribution in [3.8, 4) is 17.2 Å². The van der Waals surface area contributed by atoms with Gasteiger partial charge < -0.3 is 14.6 Å². The Morgan fingerprint density at radius 2 is 1.85 bits per heavy atom. The molecule has 1 aliphatic heterocycles. The van der Waals surface area contributed by atoms with E-state index in [-0.39, 0.29) is 11.7 Å². The summed E-state index contributed by atoms with van der Waals surface area (Å²) >= 11 is 1.30. The van der Waals surface area contributed by atoms with Gasteiger partial charge in [-0.2, -0.15) is 0 Å². The van der Waals surface area contributed by atoms with Gasteiger partial charge in [-0.15, -0.1) is 0 Å². The molecule has 7 heteroatoms. The Bertz CT molecular complexity index is 891. The van der Waals surface area contributed by atoms with E-state index in [0.29, 0.717) is 15.8 Å². The number of nitrogens with zero attached hydrogens (tertiary/aromatic N) is 2. The van der Waals surface area contributed by atoms with Gasteiger partial charge in [0.05, 0.1) is 24.8 Å². The van der Waals surface area contributed by atoms with E-state index in [1.54, 1.807) is 32.4 Å². The van der Waals surface area contributed by atoms with E-state index < -0.39 is 0 Å². The van der Waals surface area contributed by atoms with Crippen LogP contribution in [0, 0.1) is 0 Å². The van der Waals surface area contributed by atoms with Gasteiger partial charge >= 0.3 is 0 Å². The minimum absolute atomic E-state index is 0.0546. The Morgan fingerprint density at radius 3 is 2.50 bits per heavy atom. The fourth-order valence-corrected chi connectivity index (χ4v) is 3.34. The molecular weight excluding hydrogens is 352 g/mol. The standard InChI is InChI=1S/C19H18N2O4S/c1-21-18(23)17(11-12-4-9-15(22)16(10-12)25-3)26-19(21)20-13-5-7-14(24-2)8-6-13/h4-11,22H,1-3H3/b17-11-,20-19?. The van der Waals surface area contributed by atoms with Gasteiger partial charge in [0, 0.05) is 7.05 Å². The highest BCUT2D eigenvalue weighted by Crippen LogP contribution is 2.35. The Labute approximate surface area is 155 Å². The van der Waals surface area contributed by atoms with E-state index in [2.05, 4.69) is 4.99 Å². The summed E-state index contributed by atoms with van der Waals surface area (Å²) in [6.45, 7) is 0. The van der Waals surface area contributed by atoms with Crippen LogP contribution in [-0.2, 0) is 4.79 Å². The van der Waals surface area contributed by atoms with Crippen LogP contribution in [0.1, 0.15) is 5.56 Å². The average molecular weight is 370 g/mol. The monoisotopic (exact) mass is 370 g/mol. The van der Waals surface area contributed by atoms with Crippen LogP contribution in [-0.4, -0.2) is 42.3 Å². The Balaban J connectivity index is 1.87. The molecule has 0 aromatic heterocycles. The Hall–Kier alpha value is -2.93. The van der Waals surface area contributed by atoms with Gasteiger partial charge in [0.2, 0.25) is 0 Å². The lowest BCUT2D eigenvalue weighted by atomic mass is 10.2. The first-order chi connectivity index (χ1) is 12.5. The molecule has 0 bridgehead atoms. The van der Waals surface area contributed by atoms with Gasteiger partial charge in [-0.3, -0.25) is 9.69 Å². The van der Waals surface area contributed by atoms with Crippen molar-refractivity contribution >= 4 is 34.6 Å². The number of aliphatic imine (C=N–C) groups is 1. The maximum Gasteiger partial charge on any atom is 0.266 e. The van der Waals surface area contributed by atoms with E-state index in [9.17, 15) is 9.90 Å². The van der Waals surface area contributed by atoms with Gasteiger partial charge in [-0.1, -0.05) is 6.07 Å². The maximum atomic E-state index is 12.5. The number of benzene rings is 2. The quantitative estimate of drug-likeness (QED) is 0.832. The number of hydrogen-bond acceptors (Lipinski definition) is 6. The molecular formula is C19H18N2O4S. The number of thioether (sulfide) groups is 1. The molecule has 0 radical (unpaired) electrons. The molecule has 26 heavy (non-hydrogen) atoms. The topological polar surface area (TPSA) is 71.4 Å². The predicted octanol–water partition coefficient (Wildman–Crippen LogP) is 3.64. The fourth-order valence-electron chi connectivity index (χ4n) is 2.35. The summed E-state index contributed by atoms with van der Waals surface area (Å²) in [6, 6.07) is 12.2. The Kier molecular flexibility index (Phi) is 5.18. The smallest absolute Gasteiger partial charge is 0.266 e. The molecule has 1 amide bonds. The highest BCUT2D eigenvalue weighted by molar-refractivity contribution is 8.18. The van der Waals surface area contributed by atoms with Crippen molar-refractivity contribution < 1.29 is 19.4 Å². The summed E-state index contributed by atoms with van der Waals surface area (Å²) in [4.78, 5) is 19.1. The number of ether oxygens (including phenoxy) is 2. The number of amidine groups is 1. The molecule has 0 aliphatic carbocycles. The number of carbonyl (C=O) groups excluding carboxylic acids is 1. The predicted molar refractivity (Wildman–Crippen MR) is 103 cm³/mol. The van der Waals surface area contributed by atoms with Crippen LogP contribution >= 0.6 is 11.8 Å². The normalized spacial score (nSPS) is 17.2. The molecule has 1 N–H and O–H groups in total. The van der Waals surface area contributed by atoms with Crippen molar-refractivity contribution in [2.75, 3.05) is 21.3 Å². The molecule has 3 rings (SSSR count). The Morgan fingerprint density at radius 1 is 1.12 bits per heavy atom. The highest BCUT2D eigenvalue weighted by atomic mass is 32.2. The van der Waals surface area contributed by atoms with Crippen molar-refractivity contribution in [1.29, 1.82) is 0 Å². The van der Waals surface area contributed by atoms with E-state index in [0.717, 1.165) is 17.0 Å². The van der Waals surface area contributed by atoms with Gasteiger partial charge in [-0.25, -0.2) is 4.99 Å². The second-order valence-electron chi connectivity index (χ2n) is 5.50. The van der Waals surface area contributed by atoms with Crippen LogP contribution in [0.2, 0.25) is 0 Å². The fraction of sp³-hybridized carbons (Fsp3) is 0.158. The summed E-state index contributed by atoms with van der Waals surface area (Å²) in [5.74, 6) is 1.03. The largest absolute Gasteiger partial charge is 0.504 e. The van der Waals surface area contributed by atoms with Crippen LogP contribution < -0.4 is 9.47 Å². The highest BCUT2D eigenvalue weighted by Gasteiger charge is 2.30. The SMILES string of the molecule is COc1ccc(N=C2S/C(=C\c3ccc(O)c(OC)c3)C(=O)N2C)cc1. The second-order valence-corrected chi connectivity index (χ2v) is 6.51. The number of aromatic hydroxyl groups is 1. The van der Waals surface area contributed by atoms with Crippen LogP contribution in [0.3, 0.4) is 0 Å². The minimum atomic E-state index is -0.130. The van der Waals surface area contributed by atoms with Crippen LogP contribution in [0.15, 0.2) is 52.4 Å². The van der Waals surface area contributed by atoms with Crippen LogP contribution in [0.4, 0.5) is 5.69 Å². The third-order valence-electron chi connectivity index (χ3n) is 3.80. The summed E-state index contributed by atoms with van der Waals surface area (Å²) in [5, 5.41) is 10.3. The van der Waals surface area contributed by atoms with E-state index >= 15 is 0 Å². The number of amides is 1. The molecule has 0 saturated carbocycles. The number of carbonyl (C=O) groups is 1. The van der Waals surface area contributed by atoms with Crippen LogP contribution in [0.25, 0.3) is 6.08 Å². The third-order valence-corrected chi connectivity index (χ3v) is 4.86. The first kappa shape index (κ1) is 17.9. The summed E-state index contributed by atoms with van der Waals surface area (Å²) in [7, 11) is 4.78. The first-order valence-electron chi connectivity index (χ1n) is 7.79. The summed E-state index contributed by atoms with van der Waals surface area (Å²) < 4.78 is 10.2. The summed E-state index contributed by atoms with van der Waals surface area (Å²) in [6.07, 6.45) is 1.75. The zero-order valence-corrected chi connectivity index (χ0v) is 15.4. The lowest BCUT2D eigenvalue weighted by molar-refractivity contribution is -0.121. The minimum Gasteiger partial charge on any atom is -0.504 e. The van der Waals surface area contributed by atoms with Gasteiger partial charge in [0.15, 0.2) is 16.7 Å². The van der Waals surface area contributed by atoms with E-state index in [1.165, 1.54) is 29.8 Å². The molecule has 1 aliphatic rings. The molecule has 6 nitrogen and oxygen atoms in total. The second kappa shape index (κ2) is 7.53. The van der Waals surface area contributed by atoms with E-state index in [1.807, 2.05) is 24.3 Å². The number of phenols is 1.